The zero-order valence-corrected chi connectivity index (χ0v) is 13.5. The van der Waals surface area contributed by atoms with Crippen molar-refractivity contribution in [2.24, 2.45) is 0 Å². The number of halogens is 1. The van der Waals surface area contributed by atoms with Gasteiger partial charge in [0.1, 0.15) is 0 Å². The first-order chi connectivity index (χ1) is 9.20. The van der Waals surface area contributed by atoms with Crippen molar-refractivity contribution in [1.29, 1.82) is 0 Å². The fourth-order valence-corrected chi connectivity index (χ4v) is 3.39. The Morgan fingerprint density at radius 1 is 1.21 bits per heavy atom. The Morgan fingerprint density at radius 3 is 2.58 bits per heavy atom. The van der Waals surface area contributed by atoms with Crippen LogP contribution in [0.1, 0.15) is 6.92 Å². The zero-order valence-electron chi connectivity index (χ0n) is 11.4. The van der Waals surface area contributed by atoms with Crippen molar-refractivity contribution in [3.05, 3.63) is 40.4 Å². The molecule has 4 nitrogen and oxygen atoms in total. The van der Waals surface area contributed by atoms with Gasteiger partial charge in [-0.3, -0.25) is 0 Å². The summed E-state index contributed by atoms with van der Waals surface area (Å²) in [6, 6.07) is 8.55. The molecular formula is C14H18IN3O. The van der Waals surface area contributed by atoms with Crippen LogP contribution >= 0.6 is 19.8 Å². The van der Waals surface area contributed by atoms with Gasteiger partial charge in [0, 0.05) is 0 Å². The molecule has 1 N–H and O–H groups in total. The number of anilines is 2. The van der Waals surface area contributed by atoms with Gasteiger partial charge in [0.2, 0.25) is 0 Å². The van der Waals surface area contributed by atoms with Crippen molar-refractivity contribution in [1.82, 2.24) is 9.97 Å². The molecule has 0 spiro atoms. The summed E-state index contributed by atoms with van der Waals surface area (Å²) in [6.45, 7) is 2.54. The van der Waals surface area contributed by atoms with E-state index in [9.17, 15) is 0 Å². The number of nitrogens with one attached hydrogen (secondary N) is 1. The summed E-state index contributed by atoms with van der Waals surface area (Å²) in [6.07, 6.45) is 3.19. The van der Waals surface area contributed by atoms with Crippen molar-refractivity contribution in [3.63, 3.8) is 0 Å². The topological polar surface area (TPSA) is 47.0 Å². The standard InChI is InChI=1S/C14H18IN3O/c1-4-19-13-9-16-10-17-14(13)18-12-7-5-11(6-8-12)15(2)3/h5-10H,4H2,1-3H3,(H,16,17,18). The molecule has 2 aromatic rings. The summed E-state index contributed by atoms with van der Waals surface area (Å²) in [4.78, 5) is 12.9. The summed E-state index contributed by atoms with van der Waals surface area (Å²) in [7, 11) is 0. The number of alkyl halides is 2. The van der Waals surface area contributed by atoms with Gasteiger partial charge in [-0.2, -0.15) is 0 Å². The molecule has 0 unspecified atom stereocenters. The van der Waals surface area contributed by atoms with E-state index in [0.717, 1.165) is 5.69 Å². The van der Waals surface area contributed by atoms with Gasteiger partial charge >= 0.3 is 121 Å². The summed E-state index contributed by atoms with van der Waals surface area (Å²) >= 11 is -0.896. The Kier molecular flexibility index (Phi) is 4.95. The number of hydrogen-bond donors (Lipinski definition) is 1. The van der Waals surface area contributed by atoms with E-state index in [1.54, 1.807) is 6.20 Å². The Morgan fingerprint density at radius 2 is 1.95 bits per heavy atom. The average Bonchev–Trinajstić information content (AvgIpc) is 2.42. The molecule has 0 aliphatic rings. The van der Waals surface area contributed by atoms with E-state index in [-0.39, 0.29) is 0 Å². The van der Waals surface area contributed by atoms with Crippen LogP contribution in [0.3, 0.4) is 0 Å². The fraction of sp³-hybridized carbons (Fsp3) is 0.286. The van der Waals surface area contributed by atoms with Gasteiger partial charge in [0.25, 0.3) is 0 Å². The van der Waals surface area contributed by atoms with Gasteiger partial charge in [-0.1, -0.05) is 0 Å². The fourth-order valence-electron chi connectivity index (χ4n) is 1.59. The minimum absolute atomic E-state index is 0.598. The summed E-state index contributed by atoms with van der Waals surface area (Å²) in [5, 5.41) is 3.26. The van der Waals surface area contributed by atoms with Crippen molar-refractivity contribution in [2.75, 3.05) is 21.8 Å². The summed E-state index contributed by atoms with van der Waals surface area (Å²) in [5.41, 5.74) is 1.01. The van der Waals surface area contributed by atoms with E-state index in [2.05, 4.69) is 49.4 Å². The van der Waals surface area contributed by atoms with Crippen LogP contribution in [0.25, 0.3) is 0 Å². The van der Waals surface area contributed by atoms with Crippen LogP contribution in [0, 0.1) is 3.57 Å². The zero-order chi connectivity index (χ0) is 13.7. The minimum atomic E-state index is -0.896. The first-order valence-corrected chi connectivity index (χ1v) is 11.4. The molecule has 0 amide bonds. The number of hydrogen-bond acceptors (Lipinski definition) is 4. The molecule has 0 atom stereocenters. The molecule has 1 aromatic heterocycles. The molecule has 5 heteroatoms. The summed E-state index contributed by atoms with van der Waals surface area (Å²) in [5.74, 6) is 1.38. The molecule has 0 saturated heterocycles. The van der Waals surface area contributed by atoms with Crippen LogP contribution in [0.2, 0.25) is 0 Å². The van der Waals surface area contributed by atoms with Gasteiger partial charge in [0.05, 0.1) is 0 Å². The van der Waals surface area contributed by atoms with Gasteiger partial charge < -0.3 is 0 Å². The second kappa shape index (κ2) is 6.70. The van der Waals surface area contributed by atoms with Gasteiger partial charge in [-0.25, -0.2) is 0 Å². The van der Waals surface area contributed by atoms with Crippen molar-refractivity contribution < 1.29 is 4.74 Å². The Bertz CT molecular complexity index is 528. The van der Waals surface area contributed by atoms with Crippen LogP contribution in [0.4, 0.5) is 11.5 Å². The molecule has 0 aliphatic carbocycles. The molecule has 0 saturated carbocycles. The van der Waals surface area contributed by atoms with E-state index in [0.29, 0.717) is 18.2 Å². The van der Waals surface area contributed by atoms with Crippen molar-refractivity contribution in [2.45, 2.75) is 6.92 Å². The maximum absolute atomic E-state index is 5.49. The molecule has 19 heavy (non-hydrogen) atoms. The molecular weight excluding hydrogens is 353 g/mol. The quantitative estimate of drug-likeness (QED) is 0.645. The number of aromatic nitrogens is 2. The number of rotatable bonds is 5. The summed E-state index contributed by atoms with van der Waals surface area (Å²) < 4.78 is 6.97. The number of nitrogens with zero attached hydrogens (tertiary/aromatic N) is 2. The van der Waals surface area contributed by atoms with E-state index in [1.165, 1.54) is 9.90 Å². The third-order valence-corrected chi connectivity index (χ3v) is 5.73. The first-order valence-electron chi connectivity index (χ1n) is 6.00. The van der Waals surface area contributed by atoms with Gasteiger partial charge in [-0.05, 0) is 0 Å². The van der Waals surface area contributed by atoms with Crippen LogP contribution in [-0.2, 0) is 0 Å². The monoisotopic (exact) mass is 371 g/mol. The third kappa shape index (κ3) is 3.79. The van der Waals surface area contributed by atoms with Crippen molar-refractivity contribution >= 4 is 31.3 Å². The van der Waals surface area contributed by atoms with E-state index in [4.69, 9.17) is 4.74 Å². The molecule has 0 fully saturated rings. The van der Waals surface area contributed by atoms with E-state index in [1.807, 2.05) is 6.92 Å². The van der Waals surface area contributed by atoms with Crippen LogP contribution < -0.4 is 10.1 Å². The molecule has 0 bridgehead atoms. The second-order valence-electron chi connectivity index (χ2n) is 4.06. The Hall–Kier alpha value is -1.37. The van der Waals surface area contributed by atoms with Crippen LogP contribution in [0.5, 0.6) is 5.75 Å². The second-order valence-corrected chi connectivity index (χ2v) is 9.62. The normalized spacial score (nSPS) is 11.0. The first kappa shape index (κ1) is 14.0. The number of benzene rings is 1. The predicted octanol–water partition coefficient (Wildman–Crippen LogP) is 3.55. The Labute approximate surface area is 121 Å². The number of ether oxygens (including phenoxy) is 1. The molecule has 2 rings (SSSR count). The molecule has 102 valence electrons. The molecule has 0 radical (unpaired) electrons. The molecule has 1 aromatic carbocycles. The average molecular weight is 371 g/mol. The van der Waals surface area contributed by atoms with Gasteiger partial charge in [0.15, 0.2) is 0 Å². The maximum atomic E-state index is 5.49. The van der Waals surface area contributed by atoms with E-state index < -0.39 is 19.8 Å². The van der Waals surface area contributed by atoms with E-state index >= 15 is 0 Å². The van der Waals surface area contributed by atoms with Crippen LogP contribution in [0.15, 0.2) is 36.8 Å². The molecule has 1 heterocycles. The van der Waals surface area contributed by atoms with Gasteiger partial charge in [-0.15, -0.1) is 0 Å². The SMILES string of the molecule is CCOc1cncnc1Nc1ccc(I(C)C)cc1. The van der Waals surface area contributed by atoms with Crippen LogP contribution in [-0.4, -0.2) is 26.4 Å². The third-order valence-electron chi connectivity index (χ3n) is 2.52. The molecule has 0 aliphatic heterocycles. The predicted molar refractivity (Wildman–Crippen MR) is 87.5 cm³/mol. The van der Waals surface area contributed by atoms with Crippen molar-refractivity contribution in [3.8, 4) is 5.75 Å². The Balaban J connectivity index is 2.16.